The molecule has 0 aromatic carbocycles. The summed E-state index contributed by atoms with van der Waals surface area (Å²) in [5.41, 5.74) is -2.31. The number of hydrogen-bond donors (Lipinski definition) is 4. The lowest BCUT2D eigenvalue weighted by Crippen LogP contribution is -2.32. The summed E-state index contributed by atoms with van der Waals surface area (Å²) < 4.78 is 0. The zero-order valence-corrected chi connectivity index (χ0v) is 6.67. The second-order valence-electron chi connectivity index (χ2n) is 2.21. The molecule has 0 aliphatic carbocycles. The Balaban J connectivity index is 3.46. The lowest BCUT2D eigenvalue weighted by Gasteiger charge is -1.99. The fourth-order valence-corrected chi connectivity index (χ4v) is 0.810. The zero-order chi connectivity index (χ0) is 10.0. The summed E-state index contributed by atoms with van der Waals surface area (Å²) >= 11 is 0. The lowest BCUT2D eigenvalue weighted by molar-refractivity contribution is 0.0958. The Bertz CT molecular complexity index is 444. The Morgan fingerprint density at radius 1 is 1.38 bits per heavy atom. The minimum atomic E-state index is -0.930. The van der Waals surface area contributed by atoms with Crippen molar-refractivity contribution in [1.82, 2.24) is 15.3 Å². The van der Waals surface area contributed by atoms with Crippen LogP contribution in [0.1, 0.15) is 10.4 Å². The third-order valence-corrected chi connectivity index (χ3v) is 1.38. The van der Waals surface area contributed by atoms with Crippen LogP contribution in [0.2, 0.25) is 0 Å². The zero-order valence-electron chi connectivity index (χ0n) is 6.67. The molecular formula is C6H7N3O4. The third kappa shape index (κ3) is 1.58. The van der Waals surface area contributed by atoms with E-state index in [1.165, 1.54) is 7.05 Å². The van der Waals surface area contributed by atoms with Gasteiger partial charge in [0.05, 0.1) is 0 Å². The van der Waals surface area contributed by atoms with E-state index in [1.54, 1.807) is 0 Å². The molecule has 0 saturated heterocycles. The molecule has 0 aliphatic rings. The molecule has 0 saturated carbocycles. The quantitative estimate of drug-likeness (QED) is 0.410. The fourth-order valence-electron chi connectivity index (χ4n) is 0.810. The lowest BCUT2D eigenvalue weighted by atomic mass is 10.3. The van der Waals surface area contributed by atoms with Gasteiger partial charge < -0.3 is 10.4 Å². The molecule has 0 bridgehead atoms. The van der Waals surface area contributed by atoms with E-state index in [0.717, 1.165) is 0 Å². The van der Waals surface area contributed by atoms with Crippen LogP contribution in [0.4, 0.5) is 0 Å². The number of aromatic amines is 2. The van der Waals surface area contributed by atoms with Gasteiger partial charge in [0.1, 0.15) is 0 Å². The molecule has 7 nitrogen and oxygen atoms in total. The van der Waals surface area contributed by atoms with Crippen molar-refractivity contribution >= 4 is 5.91 Å². The van der Waals surface area contributed by atoms with Gasteiger partial charge in [-0.05, 0) is 0 Å². The van der Waals surface area contributed by atoms with Crippen molar-refractivity contribution in [3.63, 3.8) is 0 Å². The summed E-state index contributed by atoms with van der Waals surface area (Å²) in [6, 6.07) is 0. The number of aromatic hydroxyl groups is 1. The molecule has 0 aliphatic heterocycles. The van der Waals surface area contributed by atoms with Crippen molar-refractivity contribution in [2.45, 2.75) is 0 Å². The van der Waals surface area contributed by atoms with E-state index in [0.29, 0.717) is 0 Å². The highest BCUT2D eigenvalue weighted by atomic mass is 16.3. The number of H-pyrrole nitrogens is 2. The molecule has 4 N–H and O–H groups in total. The van der Waals surface area contributed by atoms with Crippen LogP contribution in [0, 0.1) is 0 Å². The fraction of sp³-hybridized carbons (Fsp3) is 0.167. The van der Waals surface area contributed by atoms with Crippen LogP contribution in [0.3, 0.4) is 0 Å². The largest absolute Gasteiger partial charge is 0.494 e. The van der Waals surface area contributed by atoms with E-state index >= 15 is 0 Å². The Hall–Kier alpha value is -2.05. The minimum absolute atomic E-state index is 0.512. The predicted molar refractivity (Wildman–Crippen MR) is 42.7 cm³/mol. The van der Waals surface area contributed by atoms with Crippen LogP contribution in [0.25, 0.3) is 0 Å². The van der Waals surface area contributed by atoms with Crippen LogP contribution < -0.4 is 16.6 Å². The number of carbonyl (C=O) groups is 1. The second-order valence-corrected chi connectivity index (χ2v) is 2.21. The molecule has 0 unspecified atom stereocenters. The highest BCUT2D eigenvalue weighted by Crippen LogP contribution is 2.03. The molecule has 0 radical (unpaired) electrons. The molecule has 0 atom stereocenters. The molecule has 0 fully saturated rings. The summed E-state index contributed by atoms with van der Waals surface area (Å²) in [7, 11) is 1.30. The molecular weight excluding hydrogens is 178 g/mol. The Morgan fingerprint density at radius 3 is 2.46 bits per heavy atom. The molecule has 1 amide bonds. The van der Waals surface area contributed by atoms with Gasteiger partial charge in [0.2, 0.25) is 5.88 Å². The predicted octanol–water partition coefficient (Wildman–Crippen LogP) is -1.87. The van der Waals surface area contributed by atoms with Gasteiger partial charge in [-0.15, -0.1) is 0 Å². The first kappa shape index (κ1) is 9.04. The maximum atomic E-state index is 11.0. The molecule has 1 heterocycles. The summed E-state index contributed by atoms with van der Waals surface area (Å²) in [6.45, 7) is 0. The molecule has 1 rings (SSSR count). The van der Waals surface area contributed by atoms with Crippen molar-refractivity contribution in [2.75, 3.05) is 7.05 Å². The highest BCUT2D eigenvalue weighted by molar-refractivity contribution is 5.95. The van der Waals surface area contributed by atoms with Crippen LogP contribution in [0.15, 0.2) is 9.59 Å². The first-order valence-corrected chi connectivity index (χ1v) is 3.34. The Kier molecular flexibility index (Phi) is 2.18. The van der Waals surface area contributed by atoms with Gasteiger partial charge in [-0.3, -0.25) is 19.6 Å². The highest BCUT2D eigenvalue weighted by Gasteiger charge is 2.15. The van der Waals surface area contributed by atoms with Crippen molar-refractivity contribution in [3.8, 4) is 5.88 Å². The van der Waals surface area contributed by atoms with E-state index in [-0.39, 0.29) is 0 Å². The monoisotopic (exact) mass is 185 g/mol. The van der Waals surface area contributed by atoms with Gasteiger partial charge in [0.15, 0.2) is 5.56 Å². The van der Waals surface area contributed by atoms with Crippen molar-refractivity contribution in [1.29, 1.82) is 0 Å². The normalized spacial score (nSPS) is 9.62. The first-order chi connectivity index (χ1) is 6.06. The molecule has 13 heavy (non-hydrogen) atoms. The van der Waals surface area contributed by atoms with E-state index in [9.17, 15) is 14.4 Å². The van der Waals surface area contributed by atoms with Gasteiger partial charge in [0.25, 0.3) is 11.5 Å². The van der Waals surface area contributed by atoms with E-state index in [1.807, 2.05) is 9.97 Å². The van der Waals surface area contributed by atoms with Crippen LogP contribution in [-0.2, 0) is 0 Å². The van der Waals surface area contributed by atoms with Crippen molar-refractivity contribution in [3.05, 3.63) is 26.4 Å². The summed E-state index contributed by atoms with van der Waals surface area (Å²) in [5, 5.41) is 11.2. The summed E-state index contributed by atoms with van der Waals surface area (Å²) in [4.78, 5) is 36.2. The molecule has 70 valence electrons. The van der Waals surface area contributed by atoms with E-state index < -0.39 is 28.6 Å². The maximum absolute atomic E-state index is 11.0. The number of carbonyl (C=O) groups excluding carboxylic acids is 1. The van der Waals surface area contributed by atoms with E-state index in [4.69, 9.17) is 5.11 Å². The molecule has 0 spiro atoms. The molecule has 1 aromatic heterocycles. The number of rotatable bonds is 1. The van der Waals surface area contributed by atoms with Crippen molar-refractivity contribution in [2.24, 2.45) is 0 Å². The van der Waals surface area contributed by atoms with Crippen LogP contribution >= 0.6 is 0 Å². The molecule has 1 aromatic rings. The third-order valence-electron chi connectivity index (χ3n) is 1.38. The van der Waals surface area contributed by atoms with Crippen LogP contribution in [-0.4, -0.2) is 28.0 Å². The van der Waals surface area contributed by atoms with Gasteiger partial charge in [-0.2, -0.15) is 0 Å². The first-order valence-electron chi connectivity index (χ1n) is 3.34. The van der Waals surface area contributed by atoms with Crippen molar-refractivity contribution < 1.29 is 9.90 Å². The smallest absolute Gasteiger partial charge is 0.328 e. The SMILES string of the molecule is CNC(=O)c1c(O)[nH]c(=O)[nH]c1=O. The number of nitrogens with one attached hydrogen (secondary N) is 3. The van der Waals surface area contributed by atoms with Crippen LogP contribution in [0.5, 0.6) is 5.88 Å². The average molecular weight is 185 g/mol. The van der Waals surface area contributed by atoms with Gasteiger partial charge >= 0.3 is 5.69 Å². The minimum Gasteiger partial charge on any atom is -0.494 e. The Morgan fingerprint density at radius 2 is 2.00 bits per heavy atom. The summed E-state index contributed by atoms with van der Waals surface area (Å²) in [6.07, 6.45) is 0. The number of amides is 1. The number of hydrogen-bond acceptors (Lipinski definition) is 4. The van der Waals surface area contributed by atoms with Gasteiger partial charge in [0, 0.05) is 7.05 Å². The second kappa shape index (κ2) is 3.13. The topological polar surface area (TPSA) is 115 Å². The van der Waals surface area contributed by atoms with Gasteiger partial charge in [-0.1, -0.05) is 0 Å². The maximum Gasteiger partial charge on any atom is 0.328 e. The average Bonchev–Trinajstić information content (AvgIpc) is 2.02. The Labute approximate surface area is 71.4 Å². The molecule has 7 heteroatoms. The standard InChI is InChI=1S/C6H7N3O4/c1-7-3(10)2-4(11)8-6(13)9-5(2)12/h1H3,(H,7,10)(H3,8,9,11,12,13). The summed E-state index contributed by atoms with van der Waals surface area (Å²) in [5.74, 6) is -1.51. The van der Waals surface area contributed by atoms with E-state index in [2.05, 4.69) is 5.32 Å². The number of aromatic nitrogens is 2. The van der Waals surface area contributed by atoms with Gasteiger partial charge in [-0.25, -0.2) is 4.79 Å².